The van der Waals surface area contributed by atoms with E-state index in [2.05, 4.69) is 5.32 Å². The first-order chi connectivity index (χ1) is 9.13. The average molecular weight is 260 g/mol. The molecule has 1 aromatic carbocycles. The molecule has 0 radical (unpaired) electrons. The minimum atomic E-state index is -0.432. The monoisotopic (exact) mass is 260 g/mol. The Balaban J connectivity index is 2.22. The molecule has 0 unspecified atom stereocenters. The lowest BCUT2D eigenvalue weighted by Crippen LogP contribution is -2.30. The molecule has 1 aromatic rings. The molecule has 0 aliphatic carbocycles. The van der Waals surface area contributed by atoms with Gasteiger partial charge < -0.3 is 10.4 Å². The van der Waals surface area contributed by atoms with Crippen molar-refractivity contribution in [1.82, 2.24) is 5.32 Å². The molecule has 2 rings (SSSR count). The number of carbonyl (C=O) groups excluding carboxylic acids is 3. The van der Waals surface area contributed by atoms with Gasteiger partial charge in [0.25, 0.3) is 17.7 Å². The Kier molecular flexibility index (Phi) is 3.72. The van der Waals surface area contributed by atoms with E-state index in [9.17, 15) is 14.4 Å². The maximum absolute atomic E-state index is 11.7. The molecule has 6 heteroatoms. The number of nitrogens with zero attached hydrogens (tertiary/aromatic N) is 1. The van der Waals surface area contributed by atoms with Crippen molar-refractivity contribution < 1.29 is 19.5 Å². The lowest BCUT2D eigenvalue weighted by Gasteiger charge is -2.14. The summed E-state index contributed by atoms with van der Waals surface area (Å²) in [6.45, 7) is -0.00929. The maximum atomic E-state index is 11.7. The lowest BCUT2D eigenvalue weighted by molar-refractivity contribution is -0.119. The highest BCUT2D eigenvalue weighted by Crippen LogP contribution is 2.20. The summed E-state index contributed by atoms with van der Waals surface area (Å²) in [5.41, 5.74) is 0.662. The van der Waals surface area contributed by atoms with Crippen LogP contribution in [0.2, 0.25) is 0 Å². The molecular formula is C13H12N2O4. The molecule has 98 valence electrons. The Labute approximate surface area is 109 Å². The third-order valence-electron chi connectivity index (χ3n) is 2.57. The Bertz CT molecular complexity index is 548. The third kappa shape index (κ3) is 2.69. The zero-order valence-electron chi connectivity index (χ0n) is 10.00. The van der Waals surface area contributed by atoms with E-state index >= 15 is 0 Å². The van der Waals surface area contributed by atoms with E-state index in [1.807, 2.05) is 0 Å². The number of hydrogen-bond donors (Lipinski definition) is 2. The summed E-state index contributed by atoms with van der Waals surface area (Å²) in [5, 5.41) is 11.1. The number of benzene rings is 1. The summed E-state index contributed by atoms with van der Waals surface area (Å²) < 4.78 is 0. The summed E-state index contributed by atoms with van der Waals surface area (Å²) in [4.78, 5) is 35.7. The minimum absolute atomic E-state index is 0.145. The van der Waals surface area contributed by atoms with Crippen LogP contribution in [0.1, 0.15) is 10.4 Å². The molecule has 1 aliphatic rings. The molecule has 0 aromatic heterocycles. The van der Waals surface area contributed by atoms with Crippen molar-refractivity contribution in [2.45, 2.75) is 0 Å². The molecule has 6 nitrogen and oxygen atoms in total. The van der Waals surface area contributed by atoms with Crippen LogP contribution in [0, 0.1) is 0 Å². The number of carbonyl (C=O) groups is 3. The molecular weight excluding hydrogens is 248 g/mol. The number of rotatable bonds is 4. The fraction of sp³-hybridized carbons (Fsp3) is 0.154. The van der Waals surface area contributed by atoms with Gasteiger partial charge in [0.2, 0.25) is 0 Å². The number of aliphatic hydroxyl groups is 1. The summed E-state index contributed by atoms with van der Waals surface area (Å²) in [6.07, 6.45) is 2.36. The van der Waals surface area contributed by atoms with Gasteiger partial charge in [-0.1, -0.05) is 6.07 Å². The van der Waals surface area contributed by atoms with Crippen molar-refractivity contribution in [2.75, 3.05) is 18.1 Å². The zero-order chi connectivity index (χ0) is 13.8. The van der Waals surface area contributed by atoms with Crippen molar-refractivity contribution in [1.29, 1.82) is 0 Å². The highest BCUT2D eigenvalue weighted by molar-refractivity contribution is 6.28. The standard InChI is InChI=1S/C13H12N2O4/c16-7-6-14-13(19)9-2-1-3-10(8-9)15-11(17)4-5-12(15)18/h1-5,8,16H,6-7H2,(H,14,19). The quantitative estimate of drug-likeness (QED) is 0.736. The SMILES string of the molecule is O=C(NCCO)c1cccc(N2C(=O)C=CC2=O)c1. The van der Waals surface area contributed by atoms with E-state index in [4.69, 9.17) is 5.11 Å². The van der Waals surface area contributed by atoms with Crippen LogP contribution in [-0.4, -0.2) is 36.0 Å². The molecule has 0 bridgehead atoms. The van der Waals surface area contributed by atoms with Crippen LogP contribution in [0.3, 0.4) is 0 Å². The fourth-order valence-electron chi connectivity index (χ4n) is 1.71. The van der Waals surface area contributed by atoms with Gasteiger partial charge in [-0.3, -0.25) is 14.4 Å². The summed E-state index contributed by atoms with van der Waals surface area (Å²) in [7, 11) is 0. The van der Waals surface area contributed by atoms with Crippen LogP contribution in [0.4, 0.5) is 5.69 Å². The van der Waals surface area contributed by atoms with Gasteiger partial charge in [-0.05, 0) is 18.2 Å². The zero-order valence-corrected chi connectivity index (χ0v) is 10.00. The van der Waals surface area contributed by atoms with Gasteiger partial charge in [-0.15, -0.1) is 0 Å². The van der Waals surface area contributed by atoms with Gasteiger partial charge >= 0.3 is 0 Å². The second kappa shape index (κ2) is 5.45. The first kappa shape index (κ1) is 13.0. The normalized spacial score (nSPS) is 14.1. The molecule has 2 N–H and O–H groups in total. The van der Waals surface area contributed by atoms with Crippen molar-refractivity contribution in [3.63, 3.8) is 0 Å². The van der Waals surface area contributed by atoms with Gasteiger partial charge in [0.05, 0.1) is 12.3 Å². The first-order valence-corrected chi connectivity index (χ1v) is 5.69. The van der Waals surface area contributed by atoms with Crippen molar-refractivity contribution >= 4 is 23.4 Å². The van der Waals surface area contributed by atoms with Gasteiger partial charge in [-0.25, -0.2) is 4.90 Å². The largest absolute Gasteiger partial charge is 0.395 e. The van der Waals surface area contributed by atoms with Crippen LogP contribution < -0.4 is 10.2 Å². The molecule has 1 heterocycles. The lowest BCUT2D eigenvalue weighted by atomic mass is 10.1. The van der Waals surface area contributed by atoms with Gasteiger partial charge in [0.1, 0.15) is 0 Å². The number of nitrogens with one attached hydrogen (secondary N) is 1. The molecule has 0 saturated carbocycles. The Morgan fingerprint density at radius 2 is 1.89 bits per heavy atom. The van der Waals surface area contributed by atoms with Crippen LogP contribution in [0.15, 0.2) is 36.4 Å². The maximum Gasteiger partial charge on any atom is 0.258 e. The van der Waals surface area contributed by atoms with Crippen LogP contribution in [0.5, 0.6) is 0 Å². The second-order valence-electron chi connectivity index (χ2n) is 3.88. The summed E-state index contributed by atoms with van der Waals surface area (Å²) >= 11 is 0. The number of aliphatic hydroxyl groups excluding tert-OH is 1. The molecule has 0 atom stereocenters. The Hall–Kier alpha value is -2.47. The smallest absolute Gasteiger partial charge is 0.258 e. The third-order valence-corrected chi connectivity index (χ3v) is 2.57. The second-order valence-corrected chi connectivity index (χ2v) is 3.88. The van der Waals surface area contributed by atoms with E-state index in [1.165, 1.54) is 18.2 Å². The highest BCUT2D eigenvalue weighted by Gasteiger charge is 2.25. The fourth-order valence-corrected chi connectivity index (χ4v) is 1.71. The number of imide groups is 1. The number of amides is 3. The molecule has 1 aliphatic heterocycles. The molecule has 0 saturated heterocycles. The van der Waals surface area contributed by atoms with E-state index < -0.39 is 11.8 Å². The van der Waals surface area contributed by atoms with Crippen molar-refractivity contribution in [3.8, 4) is 0 Å². The number of anilines is 1. The van der Waals surface area contributed by atoms with Gasteiger partial charge in [0, 0.05) is 24.3 Å². The van der Waals surface area contributed by atoms with E-state index in [0.717, 1.165) is 4.90 Å². The summed E-state index contributed by atoms with van der Waals surface area (Å²) in [6, 6.07) is 6.18. The van der Waals surface area contributed by atoms with Crippen LogP contribution >= 0.6 is 0 Å². The van der Waals surface area contributed by atoms with Crippen molar-refractivity contribution in [2.24, 2.45) is 0 Å². The molecule has 3 amide bonds. The van der Waals surface area contributed by atoms with Crippen LogP contribution in [-0.2, 0) is 9.59 Å². The van der Waals surface area contributed by atoms with E-state index in [-0.39, 0.29) is 19.1 Å². The van der Waals surface area contributed by atoms with Crippen molar-refractivity contribution in [3.05, 3.63) is 42.0 Å². The minimum Gasteiger partial charge on any atom is -0.395 e. The highest BCUT2D eigenvalue weighted by atomic mass is 16.3. The molecule has 19 heavy (non-hydrogen) atoms. The van der Waals surface area contributed by atoms with Gasteiger partial charge in [-0.2, -0.15) is 0 Å². The summed E-state index contributed by atoms with van der Waals surface area (Å²) in [5.74, 6) is -1.24. The number of hydrogen-bond acceptors (Lipinski definition) is 4. The average Bonchev–Trinajstić information content (AvgIpc) is 2.75. The molecule has 0 spiro atoms. The topological polar surface area (TPSA) is 86.7 Å². The first-order valence-electron chi connectivity index (χ1n) is 5.69. The molecule has 0 fully saturated rings. The van der Waals surface area contributed by atoms with E-state index in [1.54, 1.807) is 18.2 Å². The van der Waals surface area contributed by atoms with Gasteiger partial charge in [0.15, 0.2) is 0 Å². The van der Waals surface area contributed by atoms with Crippen LogP contribution in [0.25, 0.3) is 0 Å². The Morgan fingerprint density at radius 3 is 2.53 bits per heavy atom. The van der Waals surface area contributed by atoms with E-state index in [0.29, 0.717) is 11.3 Å². The Morgan fingerprint density at radius 1 is 1.21 bits per heavy atom. The predicted molar refractivity (Wildman–Crippen MR) is 67.5 cm³/mol. The predicted octanol–water partition coefficient (Wildman–Crippen LogP) is -0.162.